The molecule has 1 aliphatic carbocycles. The number of rotatable bonds is 4. The van der Waals surface area contributed by atoms with Gasteiger partial charge in [-0.25, -0.2) is 0 Å². The van der Waals surface area contributed by atoms with Crippen LogP contribution in [0.3, 0.4) is 0 Å². The second-order valence-electron chi connectivity index (χ2n) is 4.15. The molecule has 0 aromatic heterocycles. The van der Waals surface area contributed by atoms with E-state index in [0.29, 0.717) is 0 Å². The van der Waals surface area contributed by atoms with E-state index < -0.39 is 0 Å². The molecule has 2 heteroatoms. The number of nitrogens with two attached hydrogens (primary N) is 1. The van der Waals surface area contributed by atoms with Gasteiger partial charge in [0, 0.05) is 18.1 Å². The molecule has 2 N–H and O–H groups in total. The fourth-order valence-electron chi connectivity index (χ4n) is 1.33. The summed E-state index contributed by atoms with van der Waals surface area (Å²) in [6.07, 6.45) is 3.80. The van der Waals surface area contributed by atoms with Crippen molar-refractivity contribution in [2.24, 2.45) is 5.73 Å². The zero-order valence-corrected chi connectivity index (χ0v) is 7.93. The van der Waals surface area contributed by atoms with Gasteiger partial charge in [-0.1, -0.05) is 6.92 Å². The van der Waals surface area contributed by atoms with Gasteiger partial charge in [-0.05, 0) is 33.2 Å². The van der Waals surface area contributed by atoms with Crippen molar-refractivity contribution in [3.63, 3.8) is 0 Å². The summed E-state index contributed by atoms with van der Waals surface area (Å²) >= 11 is 0. The third-order valence-electron chi connectivity index (χ3n) is 2.59. The third-order valence-corrected chi connectivity index (χ3v) is 2.59. The molecule has 0 heterocycles. The van der Waals surface area contributed by atoms with Crippen molar-refractivity contribution >= 4 is 0 Å². The molecule has 0 radical (unpaired) electrons. The lowest BCUT2D eigenvalue weighted by molar-refractivity contribution is 0.245. The lowest BCUT2D eigenvalue weighted by atomic mass is 10.0. The Bertz CT molecular complexity index is 128. The van der Waals surface area contributed by atoms with Gasteiger partial charge in [-0.2, -0.15) is 0 Å². The fraction of sp³-hybridized carbons (Fsp3) is 1.00. The highest BCUT2D eigenvalue weighted by molar-refractivity contribution is 4.88. The van der Waals surface area contributed by atoms with Crippen molar-refractivity contribution in [3.05, 3.63) is 0 Å². The Kier molecular flexibility index (Phi) is 2.55. The van der Waals surface area contributed by atoms with Crippen LogP contribution in [0, 0.1) is 0 Å². The molecule has 1 saturated carbocycles. The van der Waals surface area contributed by atoms with Gasteiger partial charge in [-0.15, -0.1) is 0 Å². The summed E-state index contributed by atoms with van der Waals surface area (Å²) in [5.74, 6) is 0. The van der Waals surface area contributed by atoms with E-state index in [1.54, 1.807) is 0 Å². The molecule has 66 valence electrons. The zero-order chi connectivity index (χ0) is 8.48. The summed E-state index contributed by atoms with van der Waals surface area (Å²) in [4.78, 5) is 2.39. The first-order chi connectivity index (χ1) is 5.05. The summed E-state index contributed by atoms with van der Waals surface area (Å²) in [5.41, 5.74) is 6.05. The van der Waals surface area contributed by atoms with Gasteiger partial charge < -0.3 is 10.6 Å². The van der Waals surface area contributed by atoms with Crippen LogP contribution in [0.4, 0.5) is 0 Å². The molecule has 0 aromatic carbocycles. The smallest absolute Gasteiger partial charge is 0.0252 e. The average Bonchev–Trinajstić information content (AvgIpc) is 2.67. The van der Waals surface area contributed by atoms with Crippen LogP contribution in [0.1, 0.15) is 33.1 Å². The summed E-state index contributed by atoms with van der Waals surface area (Å²) in [7, 11) is 2.18. The van der Waals surface area contributed by atoms with Crippen LogP contribution in [0.2, 0.25) is 0 Å². The molecule has 1 rings (SSSR count). The van der Waals surface area contributed by atoms with E-state index in [9.17, 15) is 0 Å². The Morgan fingerprint density at radius 1 is 1.55 bits per heavy atom. The zero-order valence-electron chi connectivity index (χ0n) is 7.93. The average molecular weight is 156 g/mol. The lowest BCUT2D eigenvalue weighted by Crippen LogP contribution is -2.46. The SMILES string of the molecule is CCC(C)(N)CN(C)C1CC1. The fourth-order valence-corrected chi connectivity index (χ4v) is 1.33. The Balaban J connectivity index is 2.27. The molecule has 1 fully saturated rings. The molecular weight excluding hydrogens is 136 g/mol. The minimum Gasteiger partial charge on any atom is -0.324 e. The molecular formula is C9H20N2. The molecule has 2 nitrogen and oxygen atoms in total. The van der Waals surface area contributed by atoms with E-state index in [4.69, 9.17) is 5.73 Å². The Labute approximate surface area is 69.8 Å². The van der Waals surface area contributed by atoms with Gasteiger partial charge in [0.25, 0.3) is 0 Å². The van der Waals surface area contributed by atoms with E-state index in [1.807, 2.05) is 0 Å². The topological polar surface area (TPSA) is 29.3 Å². The Morgan fingerprint density at radius 2 is 2.09 bits per heavy atom. The second-order valence-corrected chi connectivity index (χ2v) is 4.15. The molecule has 1 aliphatic rings. The lowest BCUT2D eigenvalue weighted by Gasteiger charge is -2.29. The van der Waals surface area contributed by atoms with Gasteiger partial charge >= 0.3 is 0 Å². The number of hydrogen-bond donors (Lipinski definition) is 1. The van der Waals surface area contributed by atoms with Gasteiger partial charge in [-0.3, -0.25) is 0 Å². The summed E-state index contributed by atoms with van der Waals surface area (Å²) in [5, 5.41) is 0. The van der Waals surface area contributed by atoms with Gasteiger partial charge in [0.05, 0.1) is 0 Å². The second kappa shape index (κ2) is 3.11. The first kappa shape index (κ1) is 9.01. The van der Waals surface area contributed by atoms with Gasteiger partial charge in [0.1, 0.15) is 0 Å². The first-order valence-electron chi connectivity index (χ1n) is 4.54. The number of hydrogen-bond acceptors (Lipinski definition) is 2. The molecule has 1 atom stereocenters. The third kappa shape index (κ3) is 2.80. The molecule has 11 heavy (non-hydrogen) atoms. The molecule has 0 amide bonds. The van der Waals surface area contributed by atoms with Crippen molar-refractivity contribution in [3.8, 4) is 0 Å². The van der Waals surface area contributed by atoms with Crippen LogP contribution in [0.5, 0.6) is 0 Å². The van der Waals surface area contributed by atoms with E-state index in [1.165, 1.54) is 12.8 Å². The normalized spacial score (nSPS) is 23.7. The van der Waals surface area contributed by atoms with E-state index in [2.05, 4.69) is 25.8 Å². The maximum Gasteiger partial charge on any atom is 0.0252 e. The highest BCUT2D eigenvalue weighted by atomic mass is 15.2. The quantitative estimate of drug-likeness (QED) is 0.663. The molecule has 0 bridgehead atoms. The first-order valence-corrected chi connectivity index (χ1v) is 4.54. The van der Waals surface area contributed by atoms with Crippen LogP contribution < -0.4 is 5.73 Å². The van der Waals surface area contributed by atoms with Crippen LogP contribution in [-0.4, -0.2) is 30.1 Å². The Morgan fingerprint density at radius 3 is 2.45 bits per heavy atom. The summed E-state index contributed by atoms with van der Waals surface area (Å²) < 4.78 is 0. The van der Waals surface area contributed by atoms with Crippen molar-refractivity contribution in [1.82, 2.24) is 4.90 Å². The largest absolute Gasteiger partial charge is 0.324 e. The van der Waals surface area contributed by atoms with E-state index in [0.717, 1.165) is 19.0 Å². The predicted octanol–water partition coefficient (Wildman–Crippen LogP) is 1.21. The summed E-state index contributed by atoms with van der Waals surface area (Å²) in [6.45, 7) is 5.32. The number of likely N-dealkylation sites (N-methyl/N-ethyl adjacent to an activating group) is 1. The highest BCUT2D eigenvalue weighted by Gasteiger charge is 2.29. The predicted molar refractivity (Wildman–Crippen MR) is 48.5 cm³/mol. The van der Waals surface area contributed by atoms with E-state index >= 15 is 0 Å². The van der Waals surface area contributed by atoms with Gasteiger partial charge in [0.15, 0.2) is 0 Å². The number of nitrogens with zero attached hydrogens (tertiary/aromatic N) is 1. The van der Waals surface area contributed by atoms with Crippen molar-refractivity contribution < 1.29 is 0 Å². The van der Waals surface area contributed by atoms with Crippen molar-refractivity contribution in [2.75, 3.05) is 13.6 Å². The highest BCUT2D eigenvalue weighted by Crippen LogP contribution is 2.26. The van der Waals surface area contributed by atoms with Crippen molar-refractivity contribution in [1.29, 1.82) is 0 Å². The van der Waals surface area contributed by atoms with Crippen molar-refractivity contribution in [2.45, 2.75) is 44.7 Å². The minimum atomic E-state index is 0.0113. The Hall–Kier alpha value is -0.0800. The minimum absolute atomic E-state index is 0.0113. The van der Waals surface area contributed by atoms with Crippen LogP contribution in [0.15, 0.2) is 0 Å². The van der Waals surface area contributed by atoms with Crippen LogP contribution >= 0.6 is 0 Å². The van der Waals surface area contributed by atoms with Crippen LogP contribution in [-0.2, 0) is 0 Å². The molecule has 1 unspecified atom stereocenters. The van der Waals surface area contributed by atoms with Crippen LogP contribution in [0.25, 0.3) is 0 Å². The molecule has 0 aliphatic heterocycles. The maximum atomic E-state index is 6.04. The van der Waals surface area contributed by atoms with E-state index in [-0.39, 0.29) is 5.54 Å². The molecule has 0 saturated heterocycles. The van der Waals surface area contributed by atoms with Gasteiger partial charge in [0.2, 0.25) is 0 Å². The standard InChI is InChI=1S/C9H20N2/c1-4-9(2,10)7-11(3)8-5-6-8/h8H,4-7,10H2,1-3H3. The molecule has 0 aromatic rings. The molecule has 0 spiro atoms. The summed E-state index contributed by atoms with van der Waals surface area (Å²) in [6, 6.07) is 0.837. The maximum absolute atomic E-state index is 6.04. The monoisotopic (exact) mass is 156 g/mol.